The summed E-state index contributed by atoms with van der Waals surface area (Å²) in [5.74, 6) is 1.06. The SMILES string of the molecule is Cc1ccc(Nc2nnc(SCC(=O)N[C@H]3CCCC[C@@H]3C)s2)cc1C. The van der Waals surface area contributed by atoms with E-state index >= 15 is 0 Å². The zero-order chi connectivity index (χ0) is 18.5. The first kappa shape index (κ1) is 19.2. The van der Waals surface area contributed by atoms with Gasteiger partial charge in [0, 0.05) is 11.7 Å². The van der Waals surface area contributed by atoms with Gasteiger partial charge in [0.1, 0.15) is 0 Å². The number of hydrogen-bond acceptors (Lipinski definition) is 6. The van der Waals surface area contributed by atoms with Crippen LogP contribution in [0.15, 0.2) is 22.5 Å². The summed E-state index contributed by atoms with van der Waals surface area (Å²) in [5.41, 5.74) is 3.51. The fourth-order valence-corrected chi connectivity index (χ4v) is 4.75. The molecule has 2 aromatic rings. The molecule has 0 radical (unpaired) electrons. The molecule has 0 aliphatic heterocycles. The molecule has 26 heavy (non-hydrogen) atoms. The van der Waals surface area contributed by atoms with Crippen LogP contribution in [0.5, 0.6) is 0 Å². The normalized spacial score (nSPS) is 20.0. The Morgan fingerprint density at radius 1 is 1.23 bits per heavy atom. The molecule has 0 spiro atoms. The Morgan fingerprint density at radius 2 is 2.04 bits per heavy atom. The Kier molecular flexibility index (Phi) is 6.53. The number of aromatic nitrogens is 2. The number of benzene rings is 1. The summed E-state index contributed by atoms with van der Waals surface area (Å²) >= 11 is 2.92. The second-order valence-electron chi connectivity index (χ2n) is 7.02. The van der Waals surface area contributed by atoms with Crippen molar-refractivity contribution in [1.29, 1.82) is 0 Å². The molecule has 2 N–H and O–H groups in total. The van der Waals surface area contributed by atoms with Crippen LogP contribution in [0, 0.1) is 19.8 Å². The van der Waals surface area contributed by atoms with Gasteiger partial charge in [0.25, 0.3) is 0 Å². The van der Waals surface area contributed by atoms with Gasteiger partial charge in [-0.1, -0.05) is 48.9 Å². The molecule has 7 heteroatoms. The molecule has 3 rings (SSSR count). The van der Waals surface area contributed by atoms with Gasteiger partial charge in [0.2, 0.25) is 11.0 Å². The number of amides is 1. The Morgan fingerprint density at radius 3 is 2.81 bits per heavy atom. The van der Waals surface area contributed by atoms with Gasteiger partial charge in [-0.2, -0.15) is 0 Å². The first-order valence-corrected chi connectivity index (χ1v) is 10.9. The maximum Gasteiger partial charge on any atom is 0.230 e. The Bertz CT molecular complexity index is 762. The van der Waals surface area contributed by atoms with E-state index in [1.54, 1.807) is 0 Å². The molecule has 1 aliphatic rings. The highest BCUT2D eigenvalue weighted by molar-refractivity contribution is 8.01. The average Bonchev–Trinajstić information content (AvgIpc) is 3.06. The molecule has 5 nitrogen and oxygen atoms in total. The van der Waals surface area contributed by atoms with Crippen molar-refractivity contribution in [1.82, 2.24) is 15.5 Å². The molecule has 1 aromatic heterocycles. The van der Waals surface area contributed by atoms with Crippen molar-refractivity contribution in [3.05, 3.63) is 29.3 Å². The molecule has 1 fully saturated rings. The molecular weight excluding hydrogens is 364 g/mol. The lowest BCUT2D eigenvalue weighted by atomic mass is 9.86. The number of hydrogen-bond donors (Lipinski definition) is 2. The number of carbonyl (C=O) groups excluding carboxylic acids is 1. The number of nitrogens with one attached hydrogen (secondary N) is 2. The van der Waals surface area contributed by atoms with Crippen molar-refractivity contribution in [2.45, 2.75) is 56.8 Å². The molecule has 1 aromatic carbocycles. The maximum absolute atomic E-state index is 12.2. The van der Waals surface area contributed by atoms with Gasteiger partial charge < -0.3 is 10.6 Å². The molecule has 140 valence electrons. The highest BCUT2D eigenvalue weighted by Crippen LogP contribution is 2.28. The first-order chi connectivity index (χ1) is 12.5. The number of thioether (sulfide) groups is 1. The second-order valence-corrected chi connectivity index (χ2v) is 9.22. The minimum atomic E-state index is 0.0904. The van der Waals surface area contributed by atoms with Gasteiger partial charge >= 0.3 is 0 Å². The first-order valence-electron chi connectivity index (χ1n) is 9.11. The van der Waals surface area contributed by atoms with E-state index in [2.05, 4.69) is 53.7 Å². The van der Waals surface area contributed by atoms with E-state index in [0.717, 1.165) is 21.6 Å². The lowest BCUT2D eigenvalue weighted by Crippen LogP contribution is -2.41. The van der Waals surface area contributed by atoms with E-state index in [-0.39, 0.29) is 5.91 Å². The smallest absolute Gasteiger partial charge is 0.230 e. The van der Waals surface area contributed by atoms with Crippen LogP contribution in [0.4, 0.5) is 10.8 Å². The van der Waals surface area contributed by atoms with Crippen molar-refractivity contribution in [2.24, 2.45) is 5.92 Å². The minimum absolute atomic E-state index is 0.0904. The van der Waals surface area contributed by atoms with Crippen molar-refractivity contribution < 1.29 is 4.79 Å². The third kappa shape index (κ3) is 5.20. The molecule has 0 bridgehead atoms. The average molecular weight is 391 g/mol. The van der Waals surface area contributed by atoms with E-state index in [0.29, 0.717) is 17.7 Å². The summed E-state index contributed by atoms with van der Waals surface area (Å²) in [4.78, 5) is 12.2. The number of anilines is 2. The van der Waals surface area contributed by atoms with E-state index in [1.807, 2.05) is 6.07 Å². The van der Waals surface area contributed by atoms with Gasteiger partial charge in [-0.15, -0.1) is 10.2 Å². The zero-order valence-corrected chi connectivity index (χ0v) is 17.2. The van der Waals surface area contributed by atoms with Crippen LogP contribution in [-0.2, 0) is 4.79 Å². The predicted molar refractivity (Wildman–Crippen MR) is 109 cm³/mol. The minimum Gasteiger partial charge on any atom is -0.352 e. The summed E-state index contributed by atoms with van der Waals surface area (Å²) in [7, 11) is 0. The van der Waals surface area contributed by atoms with Crippen LogP contribution in [0.1, 0.15) is 43.7 Å². The molecule has 1 saturated carbocycles. The van der Waals surface area contributed by atoms with Gasteiger partial charge in [-0.05, 0) is 55.9 Å². The van der Waals surface area contributed by atoms with Crippen LogP contribution in [0.2, 0.25) is 0 Å². The number of nitrogens with zero attached hydrogens (tertiary/aromatic N) is 2. The van der Waals surface area contributed by atoms with E-state index in [1.165, 1.54) is 53.5 Å². The van der Waals surface area contributed by atoms with Crippen LogP contribution < -0.4 is 10.6 Å². The largest absolute Gasteiger partial charge is 0.352 e. The van der Waals surface area contributed by atoms with Crippen molar-refractivity contribution >= 4 is 39.8 Å². The highest BCUT2D eigenvalue weighted by atomic mass is 32.2. The summed E-state index contributed by atoms with van der Waals surface area (Å²) in [6.45, 7) is 6.42. The standard InChI is InChI=1S/C19H26N4OS2/c1-12-8-9-15(10-14(12)3)20-18-22-23-19(26-18)25-11-17(24)21-16-7-5-4-6-13(16)2/h8-10,13,16H,4-7,11H2,1-3H3,(H,20,22)(H,21,24)/t13-,16-/m0/s1. The number of aryl methyl sites for hydroxylation is 2. The third-order valence-electron chi connectivity index (χ3n) is 4.95. The summed E-state index contributed by atoms with van der Waals surface area (Å²) in [5, 5.41) is 15.6. The maximum atomic E-state index is 12.2. The van der Waals surface area contributed by atoms with Gasteiger partial charge in [0.15, 0.2) is 4.34 Å². The van der Waals surface area contributed by atoms with Crippen LogP contribution in [0.25, 0.3) is 0 Å². The van der Waals surface area contributed by atoms with E-state index in [4.69, 9.17) is 0 Å². The topological polar surface area (TPSA) is 66.9 Å². The number of rotatable bonds is 6. The van der Waals surface area contributed by atoms with Crippen LogP contribution >= 0.6 is 23.1 Å². The Hall–Kier alpha value is -1.60. The van der Waals surface area contributed by atoms with Crippen molar-refractivity contribution in [3.63, 3.8) is 0 Å². The Labute approximate surface area is 163 Å². The molecule has 1 aliphatic carbocycles. The predicted octanol–water partition coefficient (Wildman–Crippen LogP) is 4.69. The highest BCUT2D eigenvalue weighted by Gasteiger charge is 2.22. The van der Waals surface area contributed by atoms with E-state index in [9.17, 15) is 4.79 Å². The molecule has 1 amide bonds. The molecular formula is C19H26N4OS2. The molecule has 1 heterocycles. The van der Waals surface area contributed by atoms with Crippen molar-refractivity contribution in [3.8, 4) is 0 Å². The monoisotopic (exact) mass is 390 g/mol. The summed E-state index contributed by atoms with van der Waals surface area (Å²) < 4.78 is 0.808. The number of carbonyl (C=O) groups is 1. The Balaban J connectivity index is 1.48. The second kappa shape index (κ2) is 8.86. The lowest BCUT2D eigenvalue weighted by molar-refractivity contribution is -0.119. The fourth-order valence-electron chi connectivity index (χ4n) is 3.17. The molecule has 0 unspecified atom stereocenters. The fraction of sp³-hybridized carbons (Fsp3) is 0.526. The zero-order valence-electron chi connectivity index (χ0n) is 15.5. The quantitative estimate of drug-likeness (QED) is 0.701. The van der Waals surface area contributed by atoms with Crippen LogP contribution in [0.3, 0.4) is 0 Å². The summed E-state index contributed by atoms with van der Waals surface area (Å²) in [6, 6.07) is 6.55. The third-order valence-corrected chi connectivity index (χ3v) is 6.92. The molecule has 2 atom stereocenters. The van der Waals surface area contributed by atoms with E-state index < -0.39 is 0 Å². The lowest BCUT2D eigenvalue weighted by Gasteiger charge is -2.29. The van der Waals surface area contributed by atoms with Gasteiger partial charge in [-0.3, -0.25) is 4.79 Å². The summed E-state index contributed by atoms with van der Waals surface area (Å²) in [6.07, 6.45) is 4.80. The van der Waals surface area contributed by atoms with Gasteiger partial charge in [0.05, 0.1) is 5.75 Å². The van der Waals surface area contributed by atoms with Crippen molar-refractivity contribution in [2.75, 3.05) is 11.1 Å². The molecule has 0 saturated heterocycles. The van der Waals surface area contributed by atoms with Crippen LogP contribution in [-0.4, -0.2) is 27.9 Å². The van der Waals surface area contributed by atoms with Gasteiger partial charge in [-0.25, -0.2) is 0 Å².